The summed E-state index contributed by atoms with van der Waals surface area (Å²) in [6.07, 6.45) is 0.787. The third kappa shape index (κ3) is 5.50. The fraction of sp³-hybridized carbons (Fsp3) is 0.481. The highest BCUT2D eigenvalue weighted by molar-refractivity contribution is 5.95. The normalized spacial score (nSPS) is 16.6. The van der Waals surface area contributed by atoms with Gasteiger partial charge in [0.25, 0.3) is 0 Å². The minimum Gasteiger partial charge on any atom is -0.487 e. The molecule has 0 aromatic heterocycles. The molecular weight excluding hydrogens is 404 g/mol. The number of carbonyl (C=O) groups is 2. The first-order valence-electron chi connectivity index (χ1n) is 11.0. The second-order valence-corrected chi connectivity index (χ2v) is 11.2. The van der Waals surface area contributed by atoms with Gasteiger partial charge in [0.05, 0.1) is 13.0 Å². The number of benzene rings is 2. The first kappa shape index (κ1) is 23.8. The molecule has 0 atom stereocenters. The number of carboxylic acid groups (broad SMARTS) is 1. The van der Waals surface area contributed by atoms with E-state index in [-0.39, 0.29) is 17.3 Å². The number of hydrogen-bond donors (Lipinski definition) is 1. The molecule has 1 aliphatic heterocycles. The van der Waals surface area contributed by atoms with Crippen molar-refractivity contribution in [3.05, 3.63) is 53.1 Å². The first-order chi connectivity index (χ1) is 14.7. The van der Waals surface area contributed by atoms with Crippen molar-refractivity contribution in [2.75, 3.05) is 6.61 Å². The zero-order valence-electron chi connectivity index (χ0n) is 20.2. The molecule has 0 aliphatic carbocycles. The highest BCUT2D eigenvalue weighted by Gasteiger charge is 2.41. The van der Waals surface area contributed by atoms with Crippen LogP contribution in [0.2, 0.25) is 0 Å². The van der Waals surface area contributed by atoms with E-state index in [0.29, 0.717) is 17.9 Å². The molecule has 172 valence electrons. The van der Waals surface area contributed by atoms with Crippen LogP contribution in [0.4, 0.5) is 0 Å². The molecule has 3 rings (SSSR count). The van der Waals surface area contributed by atoms with Gasteiger partial charge in [0.2, 0.25) is 0 Å². The molecule has 0 radical (unpaired) electrons. The van der Waals surface area contributed by atoms with Crippen LogP contribution in [0.3, 0.4) is 0 Å². The van der Waals surface area contributed by atoms with Gasteiger partial charge in [-0.15, -0.1) is 0 Å². The molecule has 0 saturated heterocycles. The van der Waals surface area contributed by atoms with E-state index in [0.717, 1.165) is 28.7 Å². The van der Waals surface area contributed by atoms with Crippen LogP contribution < -0.4 is 4.74 Å². The van der Waals surface area contributed by atoms with Gasteiger partial charge in [-0.1, -0.05) is 58.9 Å². The number of carbonyl (C=O) groups excluding carboxylic acids is 1. The van der Waals surface area contributed by atoms with Crippen LogP contribution >= 0.6 is 0 Å². The lowest BCUT2D eigenvalue weighted by Gasteiger charge is -2.43. The van der Waals surface area contributed by atoms with Gasteiger partial charge in [0, 0.05) is 5.56 Å². The van der Waals surface area contributed by atoms with E-state index in [9.17, 15) is 9.59 Å². The Morgan fingerprint density at radius 3 is 2.22 bits per heavy atom. The number of carboxylic acids is 1. The van der Waals surface area contributed by atoms with E-state index in [2.05, 4.69) is 19.9 Å². The van der Waals surface area contributed by atoms with Crippen molar-refractivity contribution < 1.29 is 24.2 Å². The number of hydrogen-bond acceptors (Lipinski definition) is 4. The lowest BCUT2D eigenvalue weighted by atomic mass is 9.72. The Kier molecular flexibility index (Phi) is 6.16. The van der Waals surface area contributed by atoms with Crippen LogP contribution in [0, 0.1) is 5.41 Å². The van der Waals surface area contributed by atoms with Gasteiger partial charge in [0.1, 0.15) is 16.9 Å². The van der Waals surface area contributed by atoms with E-state index in [1.54, 1.807) is 0 Å². The number of rotatable bonds is 5. The second kappa shape index (κ2) is 8.27. The molecular formula is C27H34O5. The number of fused-ring (bicyclic) bond motifs is 1. The van der Waals surface area contributed by atoms with Crippen molar-refractivity contribution in [1.29, 1.82) is 0 Å². The smallest absolute Gasteiger partial charge is 0.341 e. The number of aliphatic carboxylic acids is 1. The molecule has 5 heteroatoms. The van der Waals surface area contributed by atoms with E-state index in [1.165, 1.54) is 0 Å². The third-order valence-electron chi connectivity index (χ3n) is 5.56. The van der Waals surface area contributed by atoms with Gasteiger partial charge in [-0.05, 0) is 59.9 Å². The molecule has 0 bridgehead atoms. The van der Waals surface area contributed by atoms with Crippen molar-refractivity contribution in [2.45, 2.75) is 72.3 Å². The predicted molar refractivity (Wildman–Crippen MR) is 125 cm³/mol. The topological polar surface area (TPSA) is 72.8 Å². The maximum absolute atomic E-state index is 13.2. The fourth-order valence-electron chi connectivity index (χ4n) is 4.38. The van der Waals surface area contributed by atoms with Crippen LogP contribution in [-0.2, 0) is 21.4 Å². The van der Waals surface area contributed by atoms with Crippen molar-refractivity contribution in [1.82, 2.24) is 0 Å². The maximum atomic E-state index is 13.2. The summed E-state index contributed by atoms with van der Waals surface area (Å²) in [5.41, 5.74) is 3.17. The molecule has 1 aliphatic rings. The Hall–Kier alpha value is -2.82. The Morgan fingerprint density at radius 2 is 1.66 bits per heavy atom. The Morgan fingerprint density at radius 1 is 1.03 bits per heavy atom. The van der Waals surface area contributed by atoms with Crippen LogP contribution in [-0.4, -0.2) is 29.3 Å². The number of esters is 1. The minimum absolute atomic E-state index is 0.0230. The molecule has 0 fully saturated rings. The molecule has 5 nitrogen and oxygen atoms in total. The fourth-order valence-corrected chi connectivity index (χ4v) is 4.38. The van der Waals surface area contributed by atoms with Gasteiger partial charge in [0.15, 0.2) is 0 Å². The van der Waals surface area contributed by atoms with Crippen LogP contribution in [0.1, 0.15) is 76.4 Å². The molecule has 2 aromatic rings. The van der Waals surface area contributed by atoms with Gasteiger partial charge in [-0.3, -0.25) is 4.79 Å². The van der Waals surface area contributed by atoms with Crippen molar-refractivity contribution >= 4 is 11.9 Å². The summed E-state index contributed by atoms with van der Waals surface area (Å²) >= 11 is 0. The zero-order valence-corrected chi connectivity index (χ0v) is 20.2. The molecule has 0 saturated carbocycles. The average Bonchev–Trinajstić information content (AvgIpc) is 2.64. The van der Waals surface area contributed by atoms with E-state index in [4.69, 9.17) is 14.6 Å². The molecule has 1 N–H and O–H groups in total. The SMILES string of the molecule is CC(C)(C)COC(=O)c1cc(-c2ccc(CC(=O)O)cc2)cc2c1OC(C)(C)CC2(C)C. The predicted octanol–water partition coefficient (Wildman–Crippen LogP) is 6.02. The zero-order chi connectivity index (χ0) is 23.9. The van der Waals surface area contributed by atoms with Gasteiger partial charge in [-0.25, -0.2) is 4.79 Å². The lowest BCUT2D eigenvalue weighted by Crippen LogP contribution is -2.42. The quantitative estimate of drug-likeness (QED) is 0.578. The summed E-state index contributed by atoms with van der Waals surface area (Å²) in [6, 6.07) is 11.3. The molecule has 0 spiro atoms. The highest BCUT2D eigenvalue weighted by atomic mass is 16.5. The van der Waals surface area contributed by atoms with Gasteiger partial charge >= 0.3 is 11.9 Å². The largest absolute Gasteiger partial charge is 0.487 e. The maximum Gasteiger partial charge on any atom is 0.341 e. The summed E-state index contributed by atoms with van der Waals surface area (Å²) in [4.78, 5) is 24.2. The Bertz CT molecular complexity index is 1020. The minimum atomic E-state index is -0.864. The average molecular weight is 439 g/mol. The highest BCUT2D eigenvalue weighted by Crippen LogP contribution is 2.48. The van der Waals surface area contributed by atoms with Crippen molar-refractivity contribution in [3.63, 3.8) is 0 Å². The molecule has 0 unspecified atom stereocenters. The van der Waals surface area contributed by atoms with E-state index in [1.807, 2.05) is 65.0 Å². The van der Waals surface area contributed by atoms with Crippen LogP contribution in [0.15, 0.2) is 36.4 Å². The molecule has 1 heterocycles. The van der Waals surface area contributed by atoms with Crippen molar-refractivity contribution in [3.8, 4) is 16.9 Å². The Labute approximate surface area is 190 Å². The standard InChI is InChI=1S/C27H34O5/c1-25(2,3)16-31-24(30)20-13-19(18-10-8-17(9-11-18)12-22(28)29)14-21-23(20)32-27(6,7)15-26(21,4)5/h8-11,13-14H,12,15-16H2,1-7H3,(H,28,29). The molecule has 0 amide bonds. The summed E-state index contributed by atoms with van der Waals surface area (Å²) in [5, 5.41) is 9.03. The van der Waals surface area contributed by atoms with Crippen molar-refractivity contribution in [2.24, 2.45) is 5.41 Å². The van der Waals surface area contributed by atoms with Gasteiger partial charge < -0.3 is 14.6 Å². The summed E-state index contributed by atoms with van der Waals surface area (Å²) in [6.45, 7) is 14.8. The summed E-state index contributed by atoms with van der Waals surface area (Å²) in [5.74, 6) is -0.664. The van der Waals surface area contributed by atoms with Crippen LogP contribution in [0.25, 0.3) is 11.1 Å². The molecule has 2 aromatic carbocycles. The third-order valence-corrected chi connectivity index (χ3v) is 5.56. The van der Waals surface area contributed by atoms with E-state index < -0.39 is 17.5 Å². The lowest BCUT2D eigenvalue weighted by molar-refractivity contribution is -0.136. The van der Waals surface area contributed by atoms with Gasteiger partial charge in [-0.2, -0.15) is 0 Å². The Balaban J connectivity index is 2.10. The van der Waals surface area contributed by atoms with E-state index >= 15 is 0 Å². The summed E-state index contributed by atoms with van der Waals surface area (Å²) < 4.78 is 12.0. The second-order valence-electron chi connectivity index (χ2n) is 11.2. The monoisotopic (exact) mass is 438 g/mol. The van der Waals surface area contributed by atoms with Crippen LogP contribution in [0.5, 0.6) is 5.75 Å². The first-order valence-corrected chi connectivity index (χ1v) is 11.0. The number of ether oxygens (including phenoxy) is 2. The molecule has 32 heavy (non-hydrogen) atoms. The summed E-state index contributed by atoms with van der Waals surface area (Å²) in [7, 11) is 0.